The van der Waals surface area contributed by atoms with Crippen molar-refractivity contribution in [3.8, 4) is 11.1 Å². The van der Waals surface area contributed by atoms with Gasteiger partial charge in [0.25, 0.3) is 5.56 Å². The molecule has 5 nitrogen and oxygen atoms in total. The smallest absolute Gasteiger partial charge is 0.263 e. The Morgan fingerprint density at radius 3 is 2.69 bits per heavy atom. The minimum absolute atomic E-state index is 0.128. The Hall–Kier alpha value is -2.96. The number of anilines is 1. The molecule has 2 aromatic carbocycles. The predicted octanol–water partition coefficient (Wildman–Crippen LogP) is 5.03. The van der Waals surface area contributed by atoms with Crippen molar-refractivity contribution in [1.29, 1.82) is 0 Å². The van der Waals surface area contributed by atoms with Crippen LogP contribution in [0.1, 0.15) is 11.1 Å². The van der Waals surface area contributed by atoms with Crippen molar-refractivity contribution in [3.05, 3.63) is 80.7 Å². The zero-order chi connectivity index (χ0) is 20.5. The van der Waals surface area contributed by atoms with Gasteiger partial charge >= 0.3 is 0 Å². The molecule has 0 aliphatic carbocycles. The van der Waals surface area contributed by atoms with Crippen LogP contribution >= 0.6 is 22.9 Å². The van der Waals surface area contributed by atoms with Gasteiger partial charge in [-0.2, -0.15) is 0 Å². The summed E-state index contributed by atoms with van der Waals surface area (Å²) < 4.78 is 1.34. The number of rotatable bonds is 4. The van der Waals surface area contributed by atoms with Crippen LogP contribution in [-0.2, 0) is 11.3 Å². The Labute approximate surface area is 176 Å². The number of carbonyl (C=O) groups excluding carboxylic acids is 1. The van der Waals surface area contributed by atoms with E-state index in [4.69, 9.17) is 11.6 Å². The van der Waals surface area contributed by atoms with Gasteiger partial charge in [-0.25, -0.2) is 4.98 Å². The number of amides is 1. The highest BCUT2D eigenvalue weighted by Gasteiger charge is 2.15. The van der Waals surface area contributed by atoms with Crippen LogP contribution in [-0.4, -0.2) is 15.5 Å². The molecule has 2 aromatic heterocycles. The number of benzene rings is 2. The summed E-state index contributed by atoms with van der Waals surface area (Å²) in [5, 5.41) is 5.86. The number of carbonyl (C=O) groups is 1. The van der Waals surface area contributed by atoms with E-state index in [1.54, 1.807) is 18.2 Å². The average Bonchev–Trinajstić information content (AvgIpc) is 3.13. The average molecular weight is 424 g/mol. The Balaban J connectivity index is 1.66. The van der Waals surface area contributed by atoms with Crippen molar-refractivity contribution in [2.45, 2.75) is 20.4 Å². The van der Waals surface area contributed by atoms with E-state index in [9.17, 15) is 9.59 Å². The van der Waals surface area contributed by atoms with Crippen LogP contribution in [0.25, 0.3) is 21.3 Å². The molecule has 0 aliphatic heterocycles. The number of thiophene rings is 1. The first kappa shape index (κ1) is 19.4. The minimum atomic E-state index is -0.314. The molecule has 0 saturated heterocycles. The molecular formula is C22H18ClN3O2S. The Bertz CT molecular complexity index is 1280. The predicted molar refractivity (Wildman–Crippen MR) is 119 cm³/mol. The first-order chi connectivity index (χ1) is 13.9. The third-order valence-electron chi connectivity index (χ3n) is 4.78. The second-order valence-electron chi connectivity index (χ2n) is 6.83. The molecule has 4 aromatic rings. The third-order valence-corrected chi connectivity index (χ3v) is 6.07. The monoisotopic (exact) mass is 423 g/mol. The number of aromatic nitrogens is 2. The van der Waals surface area contributed by atoms with E-state index in [1.165, 1.54) is 22.2 Å². The molecule has 0 spiro atoms. The SMILES string of the molecule is Cc1ccc(-c2csc3ncn(CC(=O)Nc4cccc(Cl)c4C)c(=O)c23)cc1. The molecule has 0 atom stereocenters. The molecule has 146 valence electrons. The van der Waals surface area contributed by atoms with Gasteiger partial charge in [-0.3, -0.25) is 14.2 Å². The first-order valence-electron chi connectivity index (χ1n) is 9.02. The van der Waals surface area contributed by atoms with Gasteiger partial charge in [-0.05, 0) is 37.1 Å². The molecule has 7 heteroatoms. The van der Waals surface area contributed by atoms with E-state index >= 15 is 0 Å². The maximum atomic E-state index is 13.1. The van der Waals surface area contributed by atoms with Gasteiger partial charge in [0.1, 0.15) is 11.4 Å². The quantitative estimate of drug-likeness (QED) is 0.500. The van der Waals surface area contributed by atoms with Gasteiger partial charge in [0, 0.05) is 21.7 Å². The molecule has 2 heterocycles. The molecule has 0 fully saturated rings. The van der Waals surface area contributed by atoms with Crippen molar-refractivity contribution in [3.63, 3.8) is 0 Å². The summed E-state index contributed by atoms with van der Waals surface area (Å²) in [4.78, 5) is 30.7. The topological polar surface area (TPSA) is 64.0 Å². The summed E-state index contributed by atoms with van der Waals surface area (Å²) in [5.74, 6) is -0.314. The highest BCUT2D eigenvalue weighted by atomic mass is 35.5. The molecule has 0 bridgehead atoms. The largest absolute Gasteiger partial charge is 0.324 e. The fraction of sp³-hybridized carbons (Fsp3) is 0.136. The summed E-state index contributed by atoms with van der Waals surface area (Å²) in [7, 11) is 0. The lowest BCUT2D eigenvalue weighted by molar-refractivity contribution is -0.116. The van der Waals surface area contributed by atoms with Crippen molar-refractivity contribution < 1.29 is 4.79 Å². The molecule has 1 N–H and O–H groups in total. The van der Waals surface area contributed by atoms with E-state index in [0.717, 1.165) is 22.3 Å². The van der Waals surface area contributed by atoms with Gasteiger partial charge in [0.05, 0.1) is 11.7 Å². The first-order valence-corrected chi connectivity index (χ1v) is 10.3. The van der Waals surface area contributed by atoms with Gasteiger partial charge < -0.3 is 5.32 Å². The van der Waals surface area contributed by atoms with Gasteiger partial charge in [0.2, 0.25) is 5.91 Å². The number of nitrogens with zero attached hydrogens (tertiary/aromatic N) is 2. The van der Waals surface area contributed by atoms with Gasteiger partial charge in [-0.1, -0.05) is 47.5 Å². The number of aryl methyl sites for hydroxylation is 1. The lowest BCUT2D eigenvalue weighted by atomic mass is 10.1. The van der Waals surface area contributed by atoms with Gasteiger partial charge in [0.15, 0.2) is 0 Å². The zero-order valence-corrected chi connectivity index (χ0v) is 17.5. The van der Waals surface area contributed by atoms with E-state index in [-0.39, 0.29) is 18.0 Å². The maximum Gasteiger partial charge on any atom is 0.263 e. The Morgan fingerprint density at radius 1 is 1.17 bits per heavy atom. The standard InChI is InChI=1S/C22H18ClN3O2S/c1-13-6-8-15(9-7-13)16-11-29-21-20(16)22(28)26(12-24-21)10-19(27)25-18-5-3-4-17(23)14(18)2/h3-9,11-12H,10H2,1-2H3,(H,25,27). The molecule has 0 radical (unpaired) electrons. The minimum Gasteiger partial charge on any atom is -0.324 e. The van der Waals surface area contributed by atoms with Crippen LogP contribution in [0.4, 0.5) is 5.69 Å². The highest BCUT2D eigenvalue weighted by Crippen LogP contribution is 2.30. The van der Waals surface area contributed by atoms with E-state index < -0.39 is 0 Å². The Kier molecular flexibility index (Phi) is 5.22. The summed E-state index contributed by atoms with van der Waals surface area (Å²) in [6.07, 6.45) is 1.42. The summed E-state index contributed by atoms with van der Waals surface area (Å²) in [6.45, 7) is 3.72. The second-order valence-corrected chi connectivity index (χ2v) is 8.10. The van der Waals surface area contributed by atoms with E-state index in [0.29, 0.717) is 20.9 Å². The summed E-state index contributed by atoms with van der Waals surface area (Å²) in [6, 6.07) is 13.3. The van der Waals surface area contributed by atoms with E-state index in [2.05, 4.69) is 10.3 Å². The lowest BCUT2D eigenvalue weighted by Gasteiger charge is -2.10. The Morgan fingerprint density at radius 2 is 1.93 bits per heavy atom. The van der Waals surface area contributed by atoms with Crippen molar-refractivity contribution in [1.82, 2.24) is 9.55 Å². The third kappa shape index (κ3) is 3.81. The summed E-state index contributed by atoms with van der Waals surface area (Å²) >= 11 is 7.53. The molecular weight excluding hydrogens is 406 g/mol. The second kappa shape index (κ2) is 7.81. The van der Waals surface area contributed by atoms with E-state index in [1.807, 2.05) is 43.5 Å². The maximum absolute atomic E-state index is 13.1. The number of halogens is 1. The molecule has 29 heavy (non-hydrogen) atoms. The normalized spacial score (nSPS) is 11.0. The van der Waals surface area contributed by atoms with Crippen LogP contribution in [0.2, 0.25) is 5.02 Å². The van der Waals surface area contributed by atoms with Crippen LogP contribution < -0.4 is 10.9 Å². The molecule has 4 rings (SSSR count). The van der Waals surface area contributed by atoms with Crippen molar-refractivity contribution >= 4 is 44.7 Å². The molecule has 0 unspecified atom stereocenters. The fourth-order valence-corrected chi connectivity index (χ4v) is 4.19. The van der Waals surface area contributed by atoms with Crippen LogP contribution in [0.5, 0.6) is 0 Å². The lowest BCUT2D eigenvalue weighted by Crippen LogP contribution is -2.28. The summed E-state index contributed by atoms with van der Waals surface area (Å²) in [5.41, 5.74) is 4.12. The highest BCUT2D eigenvalue weighted by molar-refractivity contribution is 7.17. The molecule has 1 amide bonds. The molecule has 0 saturated carbocycles. The van der Waals surface area contributed by atoms with Crippen LogP contribution in [0.15, 0.2) is 59.0 Å². The number of hydrogen-bond donors (Lipinski definition) is 1. The number of hydrogen-bond acceptors (Lipinski definition) is 4. The molecule has 0 aliphatic rings. The van der Waals surface area contributed by atoms with Crippen LogP contribution in [0.3, 0.4) is 0 Å². The van der Waals surface area contributed by atoms with Crippen molar-refractivity contribution in [2.75, 3.05) is 5.32 Å². The fourth-order valence-electron chi connectivity index (χ4n) is 3.11. The number of nitrogens with one attached hydrogen (secondary N) is 1. The zero-order valence-electron chi connectivity index (χ0n) is 15.9. The van der Waals surface area contributed by atoms with Crippen molar-refractivity contribution in [2.24, 2.45) is 0 Å². The van der Waals surface area contributed by atoms with Crippen LogP contribution in [0, 0.1) is 13.8 Å². The number of fused-ring (bicyclic) bond motifs is 1. The van der Waals surface area contributed by atoms with Gasteiger partial charge in [-0.15, -0.1) is 11.3 Å².